The van der Waals surface area contributed by atoms with E-state index in [4.69, 9.17) is 9.47 Å². The van der Waals surface area contributed by atoms with Crippen LogP contribution in [0.3, 0.4) is 0 Å². The first-order valence-electron chi connectivity index (χ1n) is 10.2. The highest BCUT2D eigenvalue weighted by Gasteiger charge is 2.21. The summed E-state index contributed by atoms with van der Waals surface area (Å²) in [5, 5.41) is 15.7. The Bertz CT molecular complexity index is 1630. The van der Waals surface area contributed by atoms with Crippen LogP contribution in [0, 0.1) is 0 Å². The van der Waals surface area contributed by atoms with E-state index in [1.807, 2.05) is 0 Å². The molecule has 0 radical (unpaired) electrons. The molecule has 0 spiro atoms. The van der Waals surface area contributed by atoms with Gasteiger partial charge in [-0.2, -0.15) is 0 Å². The molecule has 0 amide bonds. The van der Waals surface area contributed by atoms with E-state index in [-0.39, 0.29) is 0 Å². The molecule has 142 valence electrons. The molecule has 0 fully saturated rings. The van der Waals surface area contributed by atoms with Crippen LogP contribution in [0.15, 0.2) is 72.8 Å². The summed E-state index contributed by atoms with van der Waals surface area (Å²) in [5.41, 5.74) is 0. The van der Waals surface area contributed by atoms with E-state index in [9.17, 15) is 0 Å². The van der Waals surface area contributed by atoms with E-state index in [1.54, 1.807) is 14.2 Å². The molecule has 0 aliphatic rings. The van der Waals surface area contributed by atoms with E-state index in [0.717, 1.165) is 11.5 Å². The highest BCUT2D eigenvalue weighted by Crippen LogP contribution is 2.50. The van der Waals surface area contributed by atoms with Crippen LogP contribution >= 0.6 is 0 Å². The van der Waals surface area contributed by atoms with Crippen molar-refractivity contribution in [3.8, 4) is 11.5 Å². The van der Waals surface area contributed by atoms with Crippen LogP contribution in [0.2, 0.25) is 0 Å². The van der Waals surface area contributed by atoms with Crippen LogP contribution in [-0.4, -0.2) is 14.2 Å². The zero-order valence-electron chi connectivity index (χ0n) is 16.7. The van der Waals surface area contributed by atoms with Crippen molar-refractivity contribution >= 4 is 64.6 Å². The minimum absolute atomic E-state index is 0.894. The summed E-state index contributed by atoms with van der Waals surface area (Å²) < 4.78 is 11.1. The third kappa shape index (κ3) is 1.76. The van der Waals surface area contributed by atoms with Gasteiger partial charge in [-0.25, -0.2) is 0 Å². The normalized spacial score (nSPS) is 12.3. The van der Waals surface area contributed by atoms with Crippen molar-refractivity contribution in [3.63, 3.8) is 0 Å². The molecule has 0 aromatic heterocycles. The van der Waals surface area contributed by atoms with Gasteiger partial charge in [0.15, 0.2) is 0 Å². The van der Waals surface area contributed by atoms with Gasteiger partial charge in [0, 0.05) is 0 Å². The second-order valence-corrected chi connectivity index (χ2v) is 8.03. The number of ether oxygens (including phenoxy) is 2. The van der Waals surface area contributed by atoms with Crippen LogP contribution in [0.5, 0.6) is 11.5 Å². The van der Waals surface area contributed by atoms with Crippen LogP contribution in [0.25, 0.3) is 64.6 Å². The van der Waals surface area contributed by atoms with Crippen LogP contribution < -0.4 is 9.47 Å². The molecule has 0 N–H and O–H groups in total. The number of benzene rings is 5. The van der Waals surface area contributed by atoms with E-state index >= 15 is 0 Å². The molecule has 30 heavy (non-hydrogen) atoms. The number of methoxy groups -OCH3 is 2. The average molecular weight is 386 g/mol. The fourth-order valence-corrected chi connectivity index (χ4v) is 5.52. The summed E-state index contributed by atoms with van der Waals surface area (Å²) in [7, 11) is 3.47. The lowest BCUT2D eigenvalue weighted by Crippen LogP contribution is -1.81. The van der Waals surface area contributed by atoms with Gasteiger partial charge in [-0.05, 0) is 88.9 Å². The number of fused-ring (bicyclic) bond motifs is 8. The molecule has 2 nitrogen and oxygen atoms in total. The van der Waals surface area contributed by atoms with Crippen LogP contribution in [0.1, 0.15) is 0 Å². The Balaban J connectivity index is 1.88. The van der Waals surface area contributed by atoms with Crippen molar-refractivity contribution in [1.29, 1.82) is 0 Å². The highest BCUT2D eigenvalue weighted by atomic mass is 16.5. The molecule has 2 heteroatoms. The predicted molar refractivity (Wildman–Crippen MR) is 127 cm³/mol. The molecular formula is C28H18O2. The van der Waals surface area contributed by atoms with Crippen molar-refractivity contribution in [3.05, 3.63) is 72.8 Å². The van der Waals surface area contributed by atoms with Gasteiger partial charge in [0.25, 0.3) is 0 Å². The Kier molecular flexibility index (Phi) is 2.91. The van der Waals surface area contributed by atoms with E-state index in [1.165, 1.54) is 64.6 Å². The number of hydrogen-bond donors (Lipinski definition) is 0. The lowest BCUT2D eigenvalue weighted by Gasteiger charge is -2.08. The van der Waals surface area contributed by atoms with Crippen LogP contribution in [0.4, 0.5) is 0 Å². The molecular weight excluding hydrogens is 368 g/mol. The van der Waals surface area contributed by atoms with Crippen molar-refractivity contribution in [2.45, 2.75) is 0 Å². The van der Waals surface area contributed by atoms with Crippen molar-refractivity contribution in [2.75, 3.05) is 14.2 Å². The van der Waals surface area contributed by atoms with E-state index in [2.05, 4.69) is 72.8 Å². The zero-order valence-corrected chi connectivity index (χ0v) is 16.7. The van der Waals surface area contributed by atoms with Crippen LogP contribution in [-0.2, 0) is 0 Å². The Labute approximate surface area is 172 Å². The topological polar surface area (TPSA) is 18.5 Å². The van der Waals surface area contributed by atoms with Crippen molar-refractivity contribution in [1.82, 2.24) is 0 Å². The molecule has 0 saturated heterocycles. The fraction of sp³-hybridized carbons (Fsp3) is 0.0714. The smallest absolute Gasteiger partial charge is 0.119 e. The summed E-state index contributed by atoms with van der Waals surface area (Å²) in [6.45, 7) is 0. The fourth-order valence-electron chi connectivity index (χ4n) is 5.52. The summed E-state index contributed by atoms with van der Waals surface area (Å²) in [5.74, 6) is 1.79. The molecule has 7 rings (SSSR count). The van der Waals surface area contributed by atoms with Gasteiger partial charge >= 0.3 is 0 Å². The maximum Gasteiger partial charge on any atom is 0.119 e. The van der Waals surface area contributed by atoms with Crippen molar-refractivity contribution in [2.24, 2.45) is 0 Å². The largest absolute Gasteiger partial charge is 0.497 e. The Morgan fingerprint density at radius 2 is 0.800 bits per heavy atom. The molecule has 7 aromatic rings. The maximum absolute atomic E-state index is 5.57. The third-order valence-corrected chi connectivity index (χ3v) is 6.74. The van der Waals surface area contributed by atoms with Gasteiger partial charge in [0.05, 0.1) is 14.2 Å². The molecule has 0 heterocycles. The maximum atomic E-state index is 5.57. The van der Waals surface area contributed by atoms with Gasteiger partial charge in [-0.3, -0.25) is 0 Å². The van der Waals surface area contributed by atoms with Gasteiger partial charge in [-0.15, -0.1) is 0 Å². The Hall–Kier alpha value is -3.78. The minimum atomic E-state index is 0.894. The summed E-state index contributed by atoms with van der Waals surface area (Å²) in [6.07, 6.45) is 0. The third-order valence-electron chi connectivity index (χ3n) is 6.74. The SMILES string of the molecule is COc1ccc2c3cccc4c3c(c2c1)c1cccc2c3ccc(OC)cc3c4c21. The Morgan fingerprint density at radius 3 is 1.23 bits per heavy atom. The van der Waals surface area contributed by atoms with Crippen molar-refractivity contribution < 1.29 is 9.47 Å². The monoisotopic (exact) mass is 386 g/mol. The van der Waals surface area contributed by atoms with E-state index in [0.29, 0.717) is 0 Å². The molecule has 7 aromatic carbocycles. The first-order chi connectivity index (χ1) is 14.8. The molecule has 0 unspecified atom stereocenters. The second-order valence-electron chi connectivity index (χ2n) is 8.03. The molecule has 0 saturated carbocycles. The summed E-state index contributed by atoms with van der Waals surface area (Å²) >= 11 is 0. The summed E-state index contributed by atoms with van der Waals surface area (Å²) in [6, 6.07) is 26.3. The quantitative estimate of drug-likeness (QED) is 0.286. The first kappa shape index (κ1) is 16.1. The molecule has 0 aliphatic carbocycles. The lowest BCUT2D eigenvalue weighted by atomic mass is 9.95. The molecule has 0 bridgehead atoms. The lowest BCUT2D eigenvalue weighted by molar-refractivity contribution is 0.415. The molecule has 0 atom stereocenters. The Morgan fingerprint density at radius 1 is 0.400 bits per heavy atom. The van der Waals surface area contributed by atoms with Gasteiger partial charge < -0.3 is 9.47 Å². The minimum Gasteiger partial charge on any atom is -0.497 e. The number of hydrogen-bond acceptors (Lipinski definition) is 2. The van der Waals surface area contributed by atoms with Gasteiger partial charge in [0.1, 0.15) is 11.5 Å². The standard InChI is InChI=1S/C28H18O2/c1-29-15-9-11-17-19-5-3-8-22-25(19)27(23(17)13-15)21-7-4-6-20-18-12-10-16(30-2)14-24(18)28(22)26(20)21/h3-14H,1-2H3. The highest BCUT2D eigenvalue weighted by molar-refractivity contribution is 6.47. The second kappa shape index (κ2) is 5.43. The van der Waals surface area contributed by atoms with Gasteiger partial charge in [0.2, 0.25) is 0 Å². The molecule has 0 aliphatic heterocycles. The summed E-state index contributed by atoms with van der Waals surface area (Å²) in [4.78, 5) is 0. The zero-order chi connectivity index (χ0) is 20.0. The van der Waals surface area contributed by atoms with Gasteiger partial charge in [-0.1, -0.05) is 48.5 Å². The first-order valence-corrected chi connectivity index (χ1v) is 10.2. The number of rotatable bonds is 2. The average Bonchev–Trinajstić information content (AvgIpc) is 3.31. The van der Waals surface area contributed by atoms with E-state index < -0.39 is 0 Å². The predicted octanol–water partition coefficient (Wildman–Crippen LogP) is 7.50.